The van der Waals surface area contributed by atoms with Gasteiger partial charge >= 0.3 is 5.97 Å². The number of rotatable bonds is 3. The van der Waals surface area contributed by atoms with E-state index in [0.717, 1.165) is 4.68 Å². The van der Waals surface area contributed by atoms with Gasteiger partial charge in [0.2, 0.25) is 0 Å². The van der Waals surface area contributed by atoms with Crippen molar-refractivity contribution in [1.82, 2.24) is 19.4 Å². The molecule has 2 aromatic heterocycles. The first-order valence-corrected chi connectivity index (χ1v) is 5.21. The summed E-state index contributed by atoms with van der Waals surface area (Å²) in [4.78, 5) is 22.6. The van der Waals surface area contributed by atoms with Crippen molar-refractivity contribution in [3.63, 3.8) is 0 Å². The lowest BCUT2D eigenvalue weighted by molar-refractivity contribution is -0.138. The van der Waals surface area contributed by atoms with Gasteiger partial charge in [0.25, 0.3) is 5.56 Å². The van der Waals surface area contributed by atoms with Crippen LogP contribution in [0.3, 0.4) is 0 Å². The Balaban J connectivity index is 2.75. The first-order chi connectivity index (χ1) is 8.02. The van der Waals surface area contributed by atoms with Crippen molar-refractivity contribution < 1.29 is 9.90 Å². The largest absolute Gasteiger partial charge is 0.480 e. The zero-order valence-electron chi connectivity index (χ0n) is 9.54. The first kappa shape index (κ1) is 11.3. The highest BCUT2D eigenvalue weighted by molar-refractivity contribution is 5.66. The predicted molar refractivity (Wildman–Crippen MR) is 59.0 cm³/mol. The van der Waals surface area contributed by atoms with Gasteiger partial charge in [-0.05, 0) is 13.0 Å². The molecular formula is C10H12N4O3. The van der Waals surface area contributed by atoms with E-state index >= 15 is 0 Å². The smallest absolute Gasteiger partial charge is 0.325 e. The van der Waals surface area contributed by atoms with Crippen LogP contribution in [0.15, 0.2) is 10.9 Å². The van der Waals surface area contributed by atoms with E-state index in [2.05, 4.69) is 10.2 Å². The van der Waals surface area contributed by atoms with Gasteiger partial charge in [0.15, 0.2) is 5.82 Å². The molecule has 0 amide bonds. The molecule has 0 saturated heterocycles. The molecule has 0 bridgehead atoms. The second-order valence-corrected chi connectivity index (χ2v) is 3.71. The number of aromatic nitrogens is 4. The van der Waals surface area contributed by atoms with E-state index in [0.29, 0.717) is 23.5 Å². The molecule has 0 atom stereocenters. The first-order valence-electron chi connectivity index (χ1n) is 5.21. The molecule has 0 unspecified atom stereocenters. The SMILES string of the molecule is CCc1nn(CC(=O)O)c(=O)c2cc(C)nn12. The lowest BCUT2D eigenvalue weighted by atomic mass is 10.4. The van der Waals surface area contributed by atoms with Gasteiger partial charge in [-0.15, -0.1) is 0 Å². The van der Waals surface area contributed by atoms with Gasteiger partial charge in [0, 0.05) is 6.42 Å². The molecule has 2 heterocycles. The summed E-state index contributed by atoms with van der Waals surface area (Å²) in [5.41, 5.74) is 0.618. The zero-order valence-corrected chi connectivity index (χ0v) is 9.54. The van der Waals surface area contributed by atoms with Crippen LogP contribution < -0.4 is 5.56 Å². The van der Waals surface area contributed by atoms with Gasteiger partial charge in [-0.1, -0.05) is 6.92 Å². The summed E-state index contributed by atoms with van der Waals surface area (Å²) in [7, 11) is 0. The Morgan fingerprint density at radius 3 is 2.76 bits per heavy atom. The Hall–Kier alpha value is -2.18. The Bertz CT molecular complexity index is 641. The fraction of sp³-hybridized carbons (Fsp3) is 0.400. The third-order valence-corrected chi connectivity index (χ3v) is 2.37. The van der Waals surface area contributed by atoms with Crippen LogP contribution in [0.2, 0.25) is 0 Å². The number of aliphatic carboxylic acids is 1. The third-order valence-electron chi connectivity index (χ3n) is 2.37. The van der Waals surface area contributed by atoms with Crippen LogP contribution in [-0.2, 0) is 17.8 Å². The molecule has 1 N–H and O–H groups in total. The fourth-order valence-corrected chi connectivity index (χ4v) is 1.66. The predicted octanol–water partition coefficient (Wildman–Crippen LogP) is -0.154. The van der Waals surface area contributed by atoms with E-state index in [1.54, 1.807) is 13.0 Å². The minimum atomic E-state index is -1.10. The van der Waals surface area contributed by atoms with Crippen molar-refractivity contribution in [2.75, 3.05) is 0 Å². The number of carboxylic acid groups (broad SMARTS) is 1. The summed E-state index contributed by atoms with van der Waals surface area (Å²) >= 11 is 0. The third kappa shape index (κ3) is 1.91. The Morgan fingerprint density at radius 1 is 1.47 bits per heavy atom. The minimum absolute atomic E-state index is 0.357. The lowest BCUT2D eigenvalue weighted by Gasteiger charge is -2.05. The second-order valence-electron chi connectivity index (χ2n) is 3.71. The summed E-state index contributed by atoms with van der Waals surface area (Å²) in [6.45, 7) is 3.20. The lowest BCUT2D eigenvalue weighted by Crippen LogP contribution is -2.30. The normalized spacial score (nSPS) is 10.9. The Morgan fingerprint density at radius 2 is 2.18 bits per heavy atom. The van der Waals surface area contributed by atoms with E-state index in [4.69, 9.17) is 5.11 Å². The van der Waals surface area contributed by atoms with Crippen LogP contribution >= 0.6 is 0 Å². The highest BCUT2D eigenvalue weighted by atomic mass is 16.4. The molecule has 0 aromatic carbocycles. The van der Waals surface area contributed by atoms with Crippen LogP contribution in [0, 0.1) is 6.92 Å². The van der Waals surface area contributed by atoms with Crippen LogP contribution in [-0.4, -0.2) is 30.5 Å². The van der Waals surface area contributed by atoms with Crippen molar-refractivity contribution in [2.45, 2.75) is 26.8 Å². The number of aryl methyl sites for hydroxylation is 2. The quantitative estimate of drug-likeness (QED) is 0.800. The van der Waals surface area contributed by atoms with Gasteiger partial charge in [0.05, 0.1) is 5.69 Å². The molecule has 0 aliphatic heterocycles. The molecule has 0 fully saturated rings. The highest BCUT2D eigenvalue weighted by Crippen LogP contribution is 2.03. The molecule has 0 aliphatic rings. The molecule has 7 heteroatoms. The number of hydrogen-bond donors (Lipinski definition) is 1. The number of hydrogen-bond acceptors (Lipinski definition) is 4. The monoisotopic (exact) mass is 236 g/mol. The van der Waals surface area contributed by atoms with Crippen molar-refractivity contribution in [1.29, 1.82) is 0 Å². The number of fused-ring (bicyclic) bond motifs is 1. The van der Waals surface area contributed by atoms with Crippen molar-refractivity contribution in [3.05, 3.63) is 27.9 Å². The molecule has 0 aliphatic carbocycles. The Labute approximate surface area is 96.3 Å². The molecule has 2 aromatic rings. The highest BCUT2D eigenvalue weighted by Gasteiger charge is 2.13. The molecule has 0 radical (unpaired) electrons. The zero-order chi connectivity index (χ0) is 12.6. The average Bonchev–Trinajstić information content (AvgIpc) is 2.64. The topological polar surface area (TPSA) is 89.5 Å². The molecule has 7 nitrogen and oxygen atoms in total. The van der Waals surface area contributed by atoms with Gasteiger partial charge in [-0.25, -0.2) is 9.20 Å². The molecule has 0 saturated carbocycles. The average molecular weight is 236 g/mol. The summed E-state index contributed by atoms with van der Waals surface area (Å²) in [5, 5.41) is 16.9. The Kier molecular flexibility index (Phi) is 2.66. The molecule has 0 spiro atoms. The van der Waals surface area contributed by atoms with Gasteiger partial charge < -0.3 is 5.11 Å². The van der Waals surface area contributed by atoms with Crippen LogP contribution in [0.4, 0.5) is 0 Å². The summed E-state index contributed by atoms with van der Waals surface area (Å²) in [6.07, 6.45) is 0.567. The maximum Gasteiger partial charge on any atom is 0.325 e. The summed E-state index contributed by atoms with van der Waals surface area (Å²) in [6, 6.07) is 1.63. The van der Waals surface area contributed by atoms with Gasteiger partial charge in [-0.3, -0.25) is 9.59 Å². The van der Waals surface area contributed by atoms with Crippen LogP contribution in [0.5, 0.6) is 0 Å². The fourth-order valence-electron chi connectivity index (χ4n) is 1.66. The number of nitrogens with zero attached hydrogens (tertiary/aromatic N) is 4. The van der Waals surface area contributed by atoms with Crippen molar-refractivity contribution >= 4 is 11.5 Å². The number of carbonyl (C=O) groups is 1. The van der Waals surface area contributed by atoms with E-state index in [-0.39, 0.29) is 0 Å². The van der Waals surface area contributed by atoms with Gasteiger partial charge in [-0.2, -0.15) is 10.2 Å². The van der Waals surface area contributed by atoms with Crippen molar-refractivity contribution in [2.24, 2.45) is 0 Å². The molecule has 90 valence electrons. The maximum atomic E-state index is 11.9. The van der Waals surface area contributed by atoms with Gasteiger partial charge in [0.1, 0.15) is 12.1 Å². The standard InChI is InChI=1S/C10H12N4O3/c1-3-8-12-13(5-9(15)16)10(17)7-4-6(2)11-14(7)8/h4H,3,5H2,1-2H3,(H,15,16). The second kappa shape index (κ2) is 4.00. The molecule has 17 heavy (non-hydrogen) atoms. The van der Waals surface area contributed by atoms with E-state index in [1.807, 2.05) is 6.92 Å². The summed E-state index contributed by atoms with van der Waals surface area (Å²) in [5.74, 6) is -0.531. The van der Waals surface area contributed by atoms with Crippen LogP contribution in [0.1, 0.15) is 18.4 Å². The van der Waals surface area contributed by atoms with E-state index in [9.17, 15) is 9.59 Å². The van der Waals surface area contributed by atoms with E-state index < -0.39 is 18.1 Å². The van der Waals surface area contributed by atoms with E-state index in [1.165, 1.54) is 4.52 Å². The maximum absolute atomic E-state index is 11.9. The summed E-state index contributed by atoms with van der Waals surface area (Å²) < 4.78 is 2.42. The molecule has 2 rings (SSSR count). The van der Waals surface area contributed by atoms with Crippen LogP contribution in [0.25, 0.3) is 5.52 Å². The number of carboxylic acids is 1. The van der Waals surface area contributed by atoms with Crippen molar-refractivity contribution in [3.8, 4) is 0 Å². The minimum Gasteiger partial charge on any atom is -0.480 e. The molecular weight excluding hydrogens is 224 g/mol.